The molecule has 4 heterocycles. The molecule has 0 aromatic carbocycles. The lowest BCUT2D eigenvalue weighted by Gasteiger charge is -2.37. The number of nitrogens with one attached hydrogen (secondary N) is 1. The molecule has 2 aliphatic heterocycles. The van der Waals surface area contributed by atoms with E-state index in [4.69, 9.17) is 4.98 Å². The Labute approximate surface area is 189 Å². The molecule has 172 valence electrons. The van der Waals surface area contributed by atoms with Crippen LogP contribution in [0.2, 0.25) is 0 Å². The third kappa shape index (κ3) is 4.51. The number of amides is 1. The lowest BCUT2D eigenvalue weighted by Crippen LogP contribution is -2.42. The minimum absolute atomic E-state index is 0.0205. The summed E-state index contributed by atoms with van der Waals surface area (Å²) in [5, 5.41) is 4.35. The SMILES string of the molecule is Cc1ccn(CCC(=O)N2CC[C@@H](c3nc4c(c(=O)[nH]3)CCN(C3CCCCC3)C4)C2)n1. The Morgan fingerprint density at radius 3 is 2.81 bits per heavy atom. The maximum Gasteiger partial charge on any atom is 0.254 e. The summed E-state index contributed by atoms with van der Waals surface area (Å²) in [5.41, 5.74) is 2.80. The molecule has 1 amide bonds. The topological polar surface area (TPSA) is 87.1 Å². The highest BCUT2D eigenvalue weighted by Gasteiger charge is 2.31. The second kappa shape index (κ2) is 9.17. The molecule has 0 radical (unpaired) electrons. The van der Waals surface area contributed by atoms with Crippen LogP contribution in [0.15, 0.2) is 17.1 Å². The van der Waals surface area contributed by atoms with Crippen molar-refractivity contribution in [1.82, 2.24) is 29.5 Å². The minimum atomic E-state index is 0.0205. The van der Waals surface area contributed by atoms with Crippen LogP contribution in [0.1, 0.15) is 73.6 Å². The molecule has 1 atom stereocenters. The van der Waals surface area contributed by atoms with E-state index < -0.39 is 0 Å². The molecule has 32 heavy (non-hydrogen) atoms. The quantitative estimate of drug-likeness (QED) is 0.774. The standard InChI is InChI=1S/C24H34N6O2/c1-17-7-13-30(27-17)14-10-22(31)29-11-8-18(15-29)23-25-21-16-28(19-5-3-2-4-6-19)12-9-20(21)24(32)26-23/h7,13,18-19H,2-6,8-12,14-16H2,1H3,(H,25,26,32)/t18-/m1/s1. The van der Waals surface area contributed by atoms with Gasteiger partial charge in [0.05, 0.1) is 11.4 Å². The van der Waals surface area contributed by atoms with Crippen molar-refractivity contribution < 1.29 is 4.79 Å². The molecule has 8 heteroatoms. The van der Waals surface area contributed by atoms with E-state index in [2.05, 4.69) is 15.0 Å². The second-order valence-corrected chi connectivity index (χ2v) is 9.68. The van der Waals surface area contributed by atoms with Crippen molar-refractivity contribution in [3.8, 4) is 0 Å². The summed E-state index contributed by atoms with van der Waals surface area (Å²) in [7, 11) is 0. The largest absolute Gasteiger partial charge is 0.342 e. The Morgan fingerprint density at radius 1 is 1.19 bits per heavy atom. The van der Waals surface area contributed by atoms with E-state index in [-0.39, 0.29) is 17.4 Å². The van der Waals surface area contributed by atoms with E-state index in [1.54, 1.807) is 0 Å². The van der Waals surface area contributed by atoms with Crippen LogP contribution in [0.25, 0.3) is 0 Å². The molecule has 2 aromatic rings. The smallest absolute Gasteiger partial charge is 0.254 e. The number of H-pyrrole nitrogens is 1. The Balaban J connectivity index is 1.23. The predicted octanol–water partition coefficient (Wildman–Crippen LogP) is 2.37. The second-order valence-electron chi connectivity index (χ2n) is 9.68. The number of aromatic nitrogens is 4. The lowest BCUT2D eigenvalue weighted by molar-refractivity contribution is -0.130. The van der Waals surface area contributed by atoms with E-state index >= 15 is 0 Å². The van der Waals surface area contributed by atoms with Crippen molar-refractivity contribution in [1.29, 1.82) is 0 Å². The zero-order valence-corrected chi connectivity index (χ0v) is 19.1. The van der Waals surface area contributed by atoms with Gasteiger partial charge in [-0.25, -0.2) is 4.98 Å². The molecule has 3 aliphatic rings. The summed E-state index contributed by atoms with van der Waals surface area (Å²) in [4.78, 5) is 38.0. The van der Waals surface area contributed by atoms with Gasteiger partial charge in [0.25, 0.3) is 5.56 Å². The molecule has 0 spiro atoms. The molecule has 8 nitrogen and oxygen atoms in total. The number of fused-ring (bicyclic) bond motifs is 1. The Morgan fingerprint density at radius 2 is 2.03 bits per heavy atom. The molecule has 0 unspecified atom stereocenters. The van der Waals surface area contributed by atoms with Gasteiger partial charge in [0.15, 0.2) is 0 Å². The first kappa shape index (κ1) is 21.4. The normalized spacial score (nSPS) is 22.3. The van der Waals surface area contributed by atoms with Gasteiger partial charge in [0, 0.05) is 62.9 Å². The third-order valence-corrected chi connectivity index (χ3v) is 7.47. The van der Waals surface area contributed by atoms with E-state index in [0.29, 0.717) is 25.6 Å². The zero-order chi connectivity index (χ0) is 22.1. The van der Waals surface area contributed by atoms with Crippen LogP contribution in [-0.2, 0) is 24.3 Å². The van der Waals surface area contributed by atoms with Gasteiger partial charge < -0.3 is 9.88 Å². The van der Waals surface area contributed by atoms with Gasteiger partial charge in [-0.05, 0) is 38.7 Å². The molecule has 0 bridgehead atoms. The number of nitrogens with zero attached hydrogens (tertiary/aromatic N) is 5. The molecule has 5 rings (SSSR count). The van der Waals surface area contributed by atoms with Crippen molar-refractivity contribution in [2.24, 2.45) is 0 Å². The first-order valence-electron chi connectivity index (χ1n) is 12.2. The van der Waals surface area contributed by atoms with E-state index in [1.165, 1.54) is 32.1 Å². The van der Waals surface area contributed by atoms with Crippen molar-refractivity contribution in [3.05, 3.63) is 45.4 Å². The molecular weight excluding hydrogens is 404 g/mol. The average Bonchev–Trinajstić information content (AvgIpc) is 3.47. The van der Waals surface area contributed by atoms with Crippen LogP contribution in [0.3, 0.4) is 0 Å². The number of rotatable bonds is 5. The van der Waals surface area contributed by atoms with Gasteiger partial charge >= 0.3 is 0 Å². The summed E-state index contributed by atoms with van der Waals surface area (Å²) >= 11 is 0. The third-order valence-electron chi connectivity index (χ3n) is 7.47. The molecule has 1 aliphatic carbocycles. The van der Waals surface area contributed by atoms with Crippen LogP contribution in [0, 0.1) is 6.92 Å². The fourth-order valence-corrected chi connectivity index (χ4v) is 5.60. The van der Waals surface area contributed by atoms with Gasteiger partial charge in [-0.15, -0.1) is 0 Å². The van der Waals surface area contributed by atoms with Crippen molar-refractivity contribution >= 4 is 5.91 Å². The fraction of sp³-hybridized carbons (Fsp3) is 0.667. The summed E-state index contributed by atoms with van der Waals surface area (Å²) in [6.45, 7) is 5.64. The van der Waals surface area contributed by atoms with Gasteiger partial charge in [-0.1, -0.05) is 19.3 Å². The molecule has 1 saturated carbocycles. The summed E-state index contributed by atoms with van der Waals surface area (Å²) in [6.07, 6.45) is 10.5. The molecule has 1 saturated heterocycles. The number of carbonyl (C=O) groups excluding carboxylic acids is 1. The Hall–Kier alpha value is -2.48. The maximum absolute atomic E-state index is 12.8. The lowest BCUT2D eigenvalue weighted by atomic mass is 9.92. The maximum atomic E-state index is 12.8. The van der Waals surface area contributed by atoms with Crippen molar-refractivity contribution in [3.63, 3.8) is 0 Å². The van der Waals surface area contributed by atoms with E-state index in [1.807, 2.05) is 28.8 Å². The Kier molecular flexibility index (Phi) is 6.13. The van der Waals surface area contributed by atoms with Crippen LogP contribution in [-0.4, -0.2) is 61.1 Å². The van der Waals surface area contributed by atoms with Crippen molar-refractivity contribution in [2.45, 2.75) is 83.3 Å². The Bertz CT molecular complexity index is 1020. The number of aromatic amines is 1. The molecule has 2 fully saturated rings. The highest BCUT2D eigenvalue weighted by Crippen LogP contribution is 2.29. The fourth-order valence-electron chi connectivity index (χ4n) is 5.60. The minimum Gasteiger partial charge on any atom is -0.342 e. The monoisotopic (exact) mass is 438 g/mol. The number of aryl methyl sites for hydroxylation is 2. The van der Waals surface area contributed by atoms with Crippen LogP contribution < -0.4 is 5.56 Å². The van der Waals surface area contributed by atoms with Gasteiger partial charge in [-0.2, -0.15) is 5.10 Å². The number of hydrogen-bond acceptors (Lipinski definition) is 5. The van der Waals surface area contributed by atoms with E-state index in [0.717, 1.165) is 55.3 Å². The van der Waals surface area contributed by atoms with Crippen LogP contribution >= 0.6 is 0 Å². The van der Waals surface area contributed by atoms with Crippen LogP contribution in [0.5, 0.6) is 0 Å². The van der Waals surface area contributed by atoms with Gasteiger partial charge in [0.1, 0.15) is 5.82 Å². The first-order chi connectivity index (χ1) is 15.6. The zero-order valence-electron chi connectivity index (χ0n) is 19.1. The predicted molar refractivity (Wildman–Crippen MR) is 121 cm³/mol. The average molecular weight is 439 g/mol. The number of hydrogen-bond donors (Lipinski definition) is 1. The highest BCUT2D eigenvalue weighted by molar-refractivity contribution is 5.76. The van der Waals surface area contributed by atoms with E-state index in [9.17, 15) is 9.59 Å². The molecule has 2 aromatic heterocycles. The number of likely N-dealkylation sites (tertiary alicyclic amines) is 1. The molecular formula is C24H34N6O2. The van der Waals surface area contributed by atoms with Gasteiger partial charge in [0.2, 0.25) is 5.91 Å². The van der Waals surface area contributed by atoms with Gasteiger partial charge in [-0.3, -0.25) is 19.2 Å². The summed E-state index contributed by atoms with van der Waals surface area (Å²) in [5.74, 6) is 1.01. The molecule has 1 N–H and O–H groups in total. The first-order valence-corrected chi connectivity index (χ1v) is 12.2. The number of carbonyl (C=O) groups is 1. The van der Waals surface area contributed by atoms with Crippen molar-refractivity contribution in [2.75, 3.05) is 19.6 Å². The summed E-state index contributed by atoms with van der Waals surface area (Å²) in [6, 6.07) is 2.59. The highest BCUT2D eigenvalue weighted by atomic mass is 16.2. The van der Waals surface area contributed by atoms with Crippen LogP contribution in [0.4, 0.5) is 0 Å². The summed E-state index contributed by atoms with van der Waals surface area (Å²) < 4.78 is 1.82.